The molecule has 2 heteroatoms. The second-order valence-electron chi connectivity index (χ2n) is 4.04. The molecule has 1 nitrogen and oxygen atoms in total. The molecule has 0 saturated carbocycles. The average Bonchev–Trinajstić information content (AvgIpc) is 2.11. The first kappa shape index (κ1) is 10.1. The van der Waals surface area contributed by atoms with Gasteiger partial charge in [-0.15, -0.1) is 0 Å². The number of hydrogen-bond acceptors (Lipinski definition) is 2. The fourth-order valence-electron chi connectivity index (χ4n) is 1.72. The van der Waals surface area contributed by atoms with Crippen LogP contribution in [0.1, 0.15) is 24.1 Å². The molecule has 14 heavy (non-hydrogen) atoms. The van der Waals surface area contributed by atoms with Crippen LogP contribution >= 0.6 is 11.8 Å². The molecule has 76 valence electrons. The number of thioether (sulfide) groups is 1. The van der Waals surface area contributed by atoms with Gasteiger partial charge in [-0.25, -0.2) is 0 Å². The highest BCUT2D eigenvalue weighted by Gasteiger charge is 2.20. The zero-order chi connectivity index (χ0) is 9.97. The molecule has 0 amide bonds. The van der Waals surface area contributed by atoms with Crippen LogP contribution < -0.4 is 5.32 Å². The average molecular weight is 207 g/mol. The molecule has 2 rings (SSSR count). The first-order valence-corrected chi connectivity index (χ1v) is 6.31. The van der Waals surface area contributed by atoms with E-state index in [9.17, 15) is 0 Å². The summed E-state index contributed by atoms with van der Waals surface area (Å²) in [6.45, 7) is 4.40. The Kier molecular flexibility index (Phi) is 3.14. The van der Waals surface area contributed by atoms with Crippen molar-refractivity contribution in [3.05, 3.63) is 35.4 Å². The first-order chi connectivity index (χ1) is 6.75. The summed E-state index contributed by atoms with van der Waals surface area (Å²) in [5.74, 6) is 2.55. The number of nitrogens with one attached hydrogen (secondary N) is 1. The van der Waals surface area contributed by atoms with E-state index in [0.717, 1.165) is 6.04 Å². The van der Waals surface area contributed by atoms with E-state index in [1.165, 1.54) is 22.6 Å². The molecule has 0 spiro atoms. The maximum absolute atomic E-state index is 3.64. The van der Waals surface area contributed by atoms with E-state index < -0.39 is 0 Å². The third kappa shape index (κ3) is 2.31. The lowest BCUT2D eigenvalue weighted by Gasteiger charge is -2.29. The molecule has 1 aliphatic heterocycles. The largest absolute Gasteiger partial charge is 0.306 e. The molecular formula is C12H17NS. The topological polar surface area (TPSA) is 12.0 Å². The standard InChI is InChI=1S/C12H17NS/c1-9-4-3-5-11(6-9)10(2)13-12-7-14-8-12/h3-6,10,12-13H,7-8H2,1-2H3/t10-/m0/s1. The smallest absolute Gasteiger partial charge is 0.0295 e. The van der Waals surface area contributed by atoms with Crippen molar-refractivity contribution in [2.45, 2.75) is 25.9 Å². The summed E-state index contributed by atoms with van der Waals surface area (Å²) in [5, 5.41) is 3.64. The summed E-state index contributed by atoms with van der Waals surface area (Å²) in [4.78, 5) is 0. The van der Waals surface area contributed by atoms with Crippen LogP contribution in [0.5, 0.6) is 0 Å². The lowest BCUT2D eigenvalue weighted by atomic mass is 10.1. The Hall–Kier alpha value is -0.470. The molecule has 0 radical (unpaired) electrons. The fraction of sp³-hybridized carbons (Fsp3) is 0.500. The minimum atomic E-state index is 0.487. The molecule has 0 unspecified atom stereocenters. The van der Waals surface area contributed by atoms with E-state index in [0.29, 0.717) is 6.04 Å². The van der Waals surface area contributed by atoms with Crippen LogP contribution in [0.25, 0.3) is 0 Å². The predicted octanol–water partition coefficient (Wildman–Crippen LogP) is 2.76. The number of aryl methyl sites for hydroxylation is 1. The Morgan fingerprint density at radius 2 is 2.21 bits per heavy atom. The molecule has 0 aliphatic carbocycles. The minimum absolute atomic E-state index is 0.487. The van der Waals surface area contributed by atoms with Crippen molar-refractivity contribution in [3.63, 3.8) is 0 Å². The predicted molar refractivity (Wildman–Crippen MR) is 63.8 cm³/mol. The Morgan fingerprint density at radius 1 is 1.43 bits per heavy atom. The Balaban J connectivity index is 1.98. The maximum Gasteiger partial charge on any atom is 0.0295 e. The Labute approximate surface area is 90.3 Å². The van der Waals surface area contributed by atoms with Crippen molar-refractivity contribution >= 4 is 11.8 Å². The lowest BCUT2D eigenvalue weighted by Crippen LogP contribution is -2.41. The second kappa shape index (κ2) is 4.37. The van der Waals surface area contributed by atoms with Crippen molar-refractivity contribution in [2.75, 3.05) is 11.5 Å². The van der Waals surface area contributed by atoms with Crippen LogP contribution in [0.2, 0.25) is 0 Å². The monoisotopic (exact) mass is 207 g/mol. The first-order valence-electron chi connectivity index (χ1n) is 5.16. The van der Waals surface area contributed by atoms with Gasteiger partial charge in [-0.1, -0.05) is 29.8 Å². The summed E-state index contributed by atoms with van der Waals surface area (Å²) in [7, 11) is 0. The van der Waals surface area contributed by atoms with Crippen LogP contribution in [-0.2, 0) is 0 Å². The molecule has 1 atom stereocenters. The van der Waals surface area contributed by atoms with Gasteiger partial charge in [0.15, 0.2) is 0 Å². The molecular weight excluding hydrogens is 190 g/mol. The van der Waals surface area contributed by atoms with Gasteiger partial charge in [-0.2, -0.15) is 11.8 Å². The Morgan fingerprint density at radius 3 is 2.79 bits per heavy atom. The van der Waals surface area contributed by atoms with Gasteiger partial charge in [0.05, 0.1) is 0 Å². The van der Waals surface area contributed by atoms with E-state index >= 15 is 0 Å². The van der Waals surface area contributed by atoms with Crippen molar-refractivity contribution in [3.8, 4) is 0 Å². The SMILES string of the molecule is Cc1cccc([C@H](C)NC2CSC2)c1. The summed E-state index contributed by atoms with van der Waals surface area (Å²) < 4.78 is 0. The molecule has 1 saturated heterocycles. The van der Waals surface area contributed by atoms with Gasteiger partial charge in [0.2, 0.25) is 0 Å². The highest BCUT2D eigenvalue weighted by molar-refractivity contribution is 8.00. The molecule has 1 aromatic rings. The van der Waals surface area contributed by atoms with Gasteiger partial charge in [-0.3, -0.25) is 0 Å². The zero-order valence-electron chi connectivity index (χ0n) is 8.79. The maximum atomic E-state index is 3.64. The van der Waals surface area contributed by atoms with Crippen LogP contribution in [0.3, 0.4) is 0 Å². The van der Waals surface area contributed by atoms with E-state index in [-0.39, 0.29) is 0 Å². The molecule has 1 heterocycles. The van der Waals surface area contributed by atoms with Crippen molar-refractivity contribution < 1.29 is 0 Å². The van der Waals surface area contributed by atoms with Crippen molar-refractivity contribution in [1.82, 2.24) is 5.32 Å². The summed E-state index contributed by atoms with van der Waals surface area (Å²) >= 11 is 2.02. The van der Waals surface area contributed by atoms with Gasteiger partial charge in [-0.05, 0) is 19.4 Å². The molecule has 0 aromatic heterocycles. The zero-order valence-corrected chi connectivity index (χ0v) is 9.60. The quantitative estimate of drug-likeness (QED) is 0.818. The summed E-state index contributed by atoms with van der Waals surface area (Å²) in [6, 6.07) is 9.98. The highest BCUT2D eigenvalue weighted by atomic mass is 32.2. The third-order valence-corrected chi connectivity index (χ3v) is 3.94. The molecule has 1 aliphatic rings. The number of benzene rings is 1. The van der Waals surface area contributed by atoms with Gasteiger partial charge in [0.25, 0.3) is 0 Å². The second-order valence-corrected chi connectivity index (χ2v) is 5.11. The van der Waals surface area contributed by atoms with Gasteiger partial charge < -0.3 is 5.32 Å². The molecule has 1 fully saturated rings. The van der Waals surface area contributed by atoms with E-state index in [4.69, 9.17) is 0 Å². The fourth-order valence-corrected chi connectivity index (χ4v) is 2.39. The molecule has 0 bridgehead atoms. The van der Waals surface area contributed by atoms with Crippen LogP contribution in [0, 0.1) is 6.92 Å². The number of rotatable bonds is 3. The minimum Gasteiger partial charge on any atom is -0.306 e. The summed E-state index contributed by atoms with van der Waals surface area (Å²) in [5.41, 5.74) is 2.75. The van der Waals surface area contributed by atoms with E-state index in [2.05, 4.69) is 43.4 Å². The normalized spacial score (nSPS) is 19.0. The van der Waals surface area contributed by atoms with Crippen molar-refractivity contribution in [1.29, 1.82) is 0 Å². The van der Waals surface area contributed by atoms with Crippen molar-refractivity contribution in [2.24, 2.45) is 0 Å². The summed E-state index contributed by atoms with van der Waals surface area (Å²) in [6.07, 6.45) is 0. The van der Waals surface area contributed by atoms with Crippen LogP contribution in [-0.4, -0.2) is 17.5 Å². The van der Waals surface area contributed by atoms with Gasteiger partial charge >= 0.3 is 0 Å². The van der Waals surface area contributed by atoms with Gasteiger partial charge in [0, 0.05) is 23.6 Å². The van der Waals surface area contributed by atoms with Crippen LogP contribution in [0.4, 0.5) is 0 Å². The third-order valence-electron chi connectivity index (χ3n) is 2.67. The lowest BCUT2D eigenvalue weighted by molar-refractivity contribution is 0.502. The molecule has 1 aromatic carbocycles. The molecule has 1 N–H and O–H groups in total. The van der Waals surface area contributed by atoms with E-state index in [1.54, 1.807) is 0 Å². The highest BCUT2D eigenvalue weighted by Crippen LogP contribution is 2.21. The Bertz CT molecular complexity index is 307. The number of hydrogen-bond donors (Lipinski definition) is 1. The van der Waals surface area contributed by atoms with Gasteiger partial charge in [0.1, 0.15) is 0 Å². The van der Waals surface area contributed by atoms with E-state index in [1.807, 2.05) is 11.8 Å². The van der Waals surface area contributed by atoms with Crippen LogP contribution in [0.15, 0.2) is 24.3 Å².